The van der Waals surface area contributed by atoms with E-state index >= 15 is 0 Å². The van der Waals surface area contributed by atoms with Gasteiger partial charge < -0.3 is 29.2 Å². The third-order valence-corrected chi connectivity index (χ3v) is 9.37. The lowest BCUT2D eigenvalue weighted by atomic mass is 9.96. The summed E-state index contributed by atoms with van der Waals surface area (Å²) in [7, 11) is 6.56. The second kappa shape index (κ2) is 14.0. The topological polar surface area (TPSA) is 144 Å². The minimum Gasteiger partial charge on any atom is -0.495 e. The number of rotatable bonds is 12. The van der Waals surface area contributed by atoms with Crippen LogP contribution in [0.5, 0.6) is 11.5 Å². The highest BCUT2D eigenvalue weighted by Gasteiger charge is 2.36. The van der Waals surface area contributed by atoms with Crippen LogP contribution >= 0.6 is 23.2 Å². The van der Waals surface area contributed by atoms with Crippen LogP contribution in [0.15, 0.2) is 34.8 Å². The Morgan fingerprint density at radius 3 is 2.43 bits per heavy atom. The highest BCUT2D eigenvalue weighted by Crippen LogP contribution is 2.45. The van der Waals surface area contributed by atoms with Gasteiger partial charge in [0.15, 0.2) is 0 Å². The van der Waals surface area contributed by atoms with Crippen LogP contribution in [0, 0.1) is 11.3 Å². The third kappa shape index (κ3) is 6.75. The molecule has 2 aliphatic rings. The van der Waals surface area contributed by atoms with Crippen molar-refractivity contribution in [1.82, 2.24) is 24.3 Å². The van der Waals surface area contributed by atoms with Gasteiger partial charge in [-0.2, -0.15) is 10.2 Å². The standard InChI is InChI=1S/C32H37Cl2N7O6/c1-32(2,39(4)20-16-46-17-20)11-19(12-35)29(42)40-14-21(15-40)47-8-7-41-28-18(13-37-31(36-3)38-28)9-22(30(41)43)25-26(33)23(44-5)10-24(45-6)27(25)34/h9-11,13,20-21H,7-8,14-17H2,1-6H3,(H,36,37,38)/b19-11-. The molecule has 0 aliphatic carbocycles. The van der Waals surface area contributed by atoms with Gasteiger partial charge in [0.05, 0.1) is 68.3 Å². The molecule has 4 heterocycles. The zero-order valence-corrected chi connectivity index (χ0v) is 28.6. The molecule has 13 nitrogen and oxygen atoms in total. The first-order valence-electron chi connectivity index (χ1n) is 15.0. The number of pyridine rings is 1. The summed E-state index contributed by atoms with van der Waals surface area (Å²) in [6, 6.07) is 5.50. The summed E-state index contributed by atoms with van der Waals surface area (Å²) >= 11 is 13.4. The zero-order valence-electron chi connectivity index (χ0n) is 27.1. The number of likely N-dealkylation sites (N-methyl/N-ethyl adjacent to an activating group) is 1. The van der Waals surface area contributed by atoms with Crippen molar-refractivity contribution in [3.8, 4) is 28.7 Å². The number of nitriles is 1. The van der Waals surface area contributed by atoms with E-state index in [0.717, 1.165) is 0 Å². The number of amides is 1. The van der Waals surface area contributed by atoms with Gasteiger partial charge in [0, 0.05) is 48.9 Å². The Kier molecular flexibility index (Phi) is 10.3. The second-order valence-electron chi connectivity index (χ2n) is 11.9. The number of ether oxygens (including phenoxy) is 4. The Bertz CT molecular complexity index is 1780. The van der Waals surface area contributed by atoms with E-state index in [9.17, 15) is 14.9 Å². The number of hydrogen-bond acceptors (Lipinski definition) is 11. The van der Waals surface area contributed by atoms with Crippen LogP contribution in [-0.2, 0) is 20.8 Å². The first-order chi connectivity index (χ1) is 22.4. The average Bonchev–Trinajstić information content (AvgIpc) is 3.01. The maximum atomic E-state index is 14.0. The van der Waals surface area contributed by atoms with Crippen LogP contribution in [0.2, 0.25) is 10.0 Å². The van der Waals surface area contributed by atoms with Gasteiger partial charge in [-0.3, -0.25) is 19.1 Å². The predicted molar refractivity (Wildman–Crippen MR) is 178 cm³/mol. The number of aromatic nitrogens is 3. The maximum absolute atomic E-state index is 14.0. The lowest BCUT2D eigenvalue weighted by Gasteiger charge is -2.43. The van der Waals surface area contributed by atoms with Crippen LogP contribution in [0.4, 0.5) is 5.95 Å². The van der Waals surface area contributed by atoms with Crippen molar-refractivity contribution in [3.63, 3.8) is 0 Å². The summed E-state index contributed by atoms with van der Waals surface area (Å²) in [6.07, 6.45) is 3.05. The summed E-state index contributed by atoms with van der Waals surface area (Å²) in [6.45, 7) is 6.12. The Hall–Kier alpha value is -3.93. The molecule has 0 unspecified atom stereocenters. The number of carbonyl (C=O) groups excluding carboxylic acids is 1. The Morgan fingerprint density at radius 2 is 1.87 bits per heavy atom. The molecule has 0 saturated carbocycles. The number of halogens is 2. The molecule has 2 aliphatic heterocycles. The highest BCUT2D eigenvalue weighted by atomic mass is 35.5. The van der Waals surface area contributed by atoms with Crippen molar-refractivity contribution in [2.75, 3.05) is 66.5 Å². The van der Waals surface area contributed by atoms with E-state index in [4.69, 9.17) is 42.1 Å². The number of nitrogens with zero attached hydrogens (tertiary/aromatic N) is 6. The van der Waals surface area contributed by atoms with Crippen molar-refractivity contribution < 1.29 is 23.7 Å². The van der Waals surface area contributed by atoms with Gasteiger partial charge >= 0.3 is 0 Å². The smallest absolute Gasteiger partial charge is 0.264 e. The van der Waals surface area contributed by atoms with Gasteiger partial charge in [0.25, 0.3) is 11.5 Å². The largest absolute Gasteiger partial charge is 0.495 e. The molecule has 1 amide bonds. The molecule has 2 saturated heterocycles. The number of fused-ring (bicyclic) bond motifs is 1. The summed E-state index contributed by atoms with van der Waals surface area (Å²) in [4.78, 5) is 39.7. The number of anilines is 1. The first-order valence-corrected chi connectivity index (χ1v) is 15.7. The average molecular weight is 687 g/mol. The van der Waals surface area contributed by atoms with E-state index in [1.54, 1.807) is 36.4 Å². The summed E-state index contributed by atoms with van der Waals surface area (Å²) in [5.41, 5.74) is 0.0211. The SMILES string of the molecule is CNc1ncc2cc(-c3c(Cl)c(OC)cc(OC)c3Cl)c(=O)n(CCOC3CN(C(=O)/C(C#N)=C\C(C)(C)N(C)C4COC4)C3)c2n1. The fraction of sp³-hybridized carbons (Fsp3) is 0.469. The molecular weight excluding hydrogens is 649 g/mol. The number of methoxy groups -OCH3 is 2. The van der Waals surface area contributed by atoms with Crippen molar-refractivity contribution in [2.24, 2.45) is 0 Å². The molecule has 0 atom stereocenters. The van der Waals surface area contributed by atoms with Crippen LogP contribution in [0.1, 0.15) is 13.8 Å². The molecule has 0 spiro atoms. The number of benzene rings is 1. The van der Waals surface area contributed by atoms with Crippen LogP contribution in [0.25, 0.3) is 22.2 Å². The van der Waals surface area contributed by atoms with Gasteiger partial charge in [-0.05, 0) is 33.0 Å². The van der Waals surface area contributed by atoms with Crippen molar-refractivity contribution >= 4 is 46.1 Å². The zero-order chi connectivity index (χ0) is 34.0. The van der Waals surface area contributed by atoms with E-state index in [0.29, 0.717) is 54.8 Å². The van der Waals surface area contributed by atoms with Gasteiger partial charge in [0.1, 0.15) is 28.8 Å². The Labute approximate surface area is 282 Å². The number of nitrogens with one attached hydrogen (secondary N) is 1. The number of hydrogen-bond donors (Lipinski definition) is 1. The monoisotopic (exact) mass is 685 g/mol. The minimum atomic E-state index is -0.512. The number of likely N-dealkylation sites (tertiary alicyclic amines) is 1. The third-order valence-electron chi connectivity index (χ3n) is 8.62. The van der Waals surface area contributed by atoms with E-state index in [2.05, 4.69) is 26.3 Å². The molecule has 0 radical (unpaired) electrons. The molecular formula is C32H37Cl2N7O6. The maximum Gasteiger partial charge on any atom is 0.264 e. The quantitative estimate of drug-likeness (QED) is 0.221. The summed E-state index contributed by atoms with van der Waals surface area (Å²) < 4.78 is 23.7. The molecule has 15 heteroatoms. The summed E-state index contributed by atoms with van der Waals surface area (Å²) in [5.74, 6) is 0.581. The summed E-state index contributed by atoms with van der Waals surface area (Å²) in [5, 5.41) is 13.6. The van der Waals surface area contributed by atoms with Crippen LogP contribution in [-0.4, -0.2) is 109 Å². The molecule has 3 aromatic rings. The van der Waals surface area contributed by atoms with Gasteiger partial charge in [-0.1, -0.05) is 23.2 Å². The molecule has 1 aromatic carbocycles. The molecule has 1 N–H and O–H groups in total. The minimum absolute atomic E-state index is 0.0851. The van der Waals surface area contributed by atoms with Crippen LogP contribution < -0.4 is 20.3 Å². The molecule has 0 bridgehead atoms. The normalized spacial score (nSPS) is 15.7. The van der Waals surface area contributed by atoms with E-state index in [1.165, 1.54) is 18.8 Å². The van der Waals surface area contributed by atoms with E-state index in [1.807, 2.05) is 20.9 Å². The molecule has 250 valence electrons. The van der Waals surface area contributed by atoms with E-state index in [-0.39, 0.29) is 57.9 Å². The molecule has 2 aromatic heterocycles. The van der Waals surface area contributed by atoms with Gasteiger partial charge in [-0.25, -0.2) is 4.98 Å². The van der Waals surface area contributed by atoms with Gasteiger partial charge in [0.2, 0.25) is 5.95 Å². The first kappa shape index (κ1) is 34.4. The predicted octanol–water partition coefficient (Wildman–Crippen LogP) is 3.61. The Balaban J connectivity index is 1.34. The highest BCUT2D eigenvalue weighted by molar-refractivity contribution is 6.41. The van der Waals surface area contributed by atoms with Crippen molar-refractivity contribution in [3.05, 3.63) is 50.4 Å². The second-order valence-corrected chi connectivity index (χ2v) is 12.6. The molecule has 5 rings (SSSR count). The fourth-order valence-electron chi connectivity index (χ4n) is 5.49. The molecule has 47 heavy (non-hydrogen) atoms. The Morgan fingerprint density at radius 1 is 1.21 bits per heavy atom. The van der Waals surface area contributed by atoms with Gasteiger partial charge in [-0.15, -0.1) is 0 Å². The lowest BCUT2D eigenvalue weighted by molar-refractivity contribution is -0.140. The molecule has 2 fully saturated rings. The van der Waals surface area contributed by atoms with Crippen molar-refractivity contribution in [1.29, 1.82) is 5.26 Å². The van der Waals surface area contributed by atoms with E-state index < -0.39 is 11.1 Å². The van der Waals surface area contributed by atoms with Crippen LogP contribution in [0.3, 0.4) is 0 Å². The van der Waals surface area contributed by atoms with Crippen molar-refractivity contribution in [2.45, 2.75) is 38.1 Å². The lowest BCUT2D eigenvalue weighted by Crippen LogP contribution is -2.56. The fourth-order valence-corrected chi connectivity index (χ4v) is 6.20. The number of carbonyl (C=O) groups is 1.